The number of hydrogen-bond donors (Lipinski definition) is 1. The summed E-state index contributed by atoms with van der Waals surface area (Å²) in [5.74, 6) is 1.30. The summed E-state index contributed by atoms with van der Waals surface area (Å²) in [4.78, 5) is 25.0. The molecular formula is C23H21NO3S. The van der Waals surface area contributed by atoms with Crippen LogP contribution in [-0.4, -0.2) is 24.1 Å². The van der Waals surface area contributed by atoms with Crippen LogP contribution in [0.25, 0.3) is 0 Å². The Morgan fingerprint density at radius 2 is 1.64 bits per heavy atom. The highest BCUT2D eigenvalue weighted by molar-refractivity contribution is 7.99. The van der Waals surface area contributed by atoms with Crippen molar-refractivity contribution in [1.29, 1.82) is 0 Å². The maximum absolute atomic E-state index is 12.4. The molecule has 142 valence electrons. The lowest BCUT2D eigenvalue weighted by atomic mass is 10.1. The van der Waals surface area contributed by atoms with Crippen LogP contribution in [0.2, 0.25) is 0 Å². The van der Waals surface area contributed by atoms with Crippen LogP contribution in [0.5, 0.6) is 5.75 Å². The molecule has 4 nitrogen and oxygen atoms in total. The van der Waals surface area contributed by atoms with Gasteiger partial charge in [-0.2, -0.15) is 0 Å². The van der Waals surface area contributed by atoms with Gasteiger partial charge in [0, 0.05) is 27.5 Å². The maximum Gasteiger partial charge on any atom is 0.255 e. The molecule has 0 aliphatic carbocycles. The molecule has 0 heterocycles. The number of benzene rings is 3. The Hall–Kier alpha value is -3.05. The number of thioether (sulfide) groups is 1. The number of carbonyl (C=O) groups excluding carboxylic acids is 2. The third-order valence-electron chi connectivity index (χ3n) is 4.01. The van der Waals surface area contributed by atoms with Crippen LogP contribution in [0.15, 0.2) is 83.8 Å². The number of rotatable bonds is 8. The molecule has 0 bridgehead atoms. The molecule has 3 rings (SSSR count). The standard InChI is InChI=1S/C23H21NO3S/c1-17(25)19-6-5-7-20(16-19)24-23(26)18-10-12-21(13-11-18)27-14-15-28-22-8-3-2-4-9-22/h2-13,16H,14-15H2,1H3,(H,24,26). The molecule has 0 aromatic heterocycles. The second-order valence-corrected chi connectivity index (χ2v) is 7.29. The minimum absolute atomic E-state index is 0.0389. The van der Waals surface area contributed by atoms with Crippen LogP contribution in [0, 0.1) is 0 Å². The van der Waals surface area contributed by atoms with Gasteiger partial charge in [-0.25, -0.2) is 0 Å². The predicted octanol–water partition coefficient (Wildman–Crippen LogP) is 5.31. The minimum Gasteiger partial charge on any atom is -0.493 e. The van der Waals surface area contributed by atoms with E-state index >= 15 is 0 Å². The molecule has 0 saturated carbocycles. The molecule has 0 fully saturated rings. The molecule has 0 radical (unpaired) electrons. The quantitative estimate of drug-likeness (QED) is 0.321. The summed E-state index contributed by atoms with van der Waals surface area (Å²) in [6.07, 6.45) is 0. The van der Waals surface area contributed by atoms with Crippen molar-refractivity contribution in [2.24, 2.45) is 0 Å². The summed E-state index contributed by atoms with van der Waals surface area (Å²) in [7, 11) is 0. The summed E-state index contributed by atoms with van der Waals surface area (Å²) >= 11 is 1.74. The van der Waals surface area contributed by atoms with Crippen LogP contribution >= 0.6 is 11.8 Å². The number of ketones is 1. The molecule has 1 amide bonds. The molecule has 0 aliphatic heterocycles. The third kappa shape index (κ3) is 5.72. The molecule has 3 aromatic carbocycles. The van der Waals surface area contributed by atoms with Gasteiger partial charge < -0.3 is 10.1 Å². The van der Waals surface area contributed by atoms with Crippen LogP contribution in [0.4, 0.5) is 5.69 Å². The number of hydrogen-bond acceptors (Lipinski definition) is 4. The third-order valence-corrected chi connectivity index (χ3v) is 4.98. The van der Waals surface area contributed by atoms with E-state index in [9.17, 15) is 9.59 Å². The first-order chi connectivity index (χ1) is 13.6. The van der Waals surface area contributed by atoms with Crippen molar-refractivity contribution in [2.45, 2.75) is 11.8 Å². The van der Waals surface area contributed by atoms with E-state index in [-0.39, 0.29) is 11.7 Å². The van der Waals surface area contributed by atoms with Crippen molar-refractivity contribution in [3.05, 3.63) is 90.0 Å². The molecule has 5 heteroatoms. The fraction of sp³-hybridized carbons (Fsp3) is 0.130. The fourth-order valence-corrected chi connectivity index (χ4v) is 3.31. The Kier molecular flexibility index (Phi) is 6.87. The van der Waals surface area contributed by atoms with Gasteiger partial charge in [-0.1, -0.05) is 30.3 Å². The smallest absolute Gasteiger partial charge is 0.255 e. The SMILES string of the molecule is CC(=O)c1cccc(NC(=O)c2ccc(OCCSc3ccccc3)cc2)c1. The Morgan fingerprint density at radius 1 is 0.893 bits per heavy atom. The maximum atomic E-state index is 12.4. The first-order valence-corrected chi connectivity index (χ1v) is 9.93. The van der Waals surface area contributed by atoms with Crippen molar-refractivity contribution in [3.63, 3.8) is 0 Å². The molecule has 1 N–H and O–H groups in total. The van der Waals surface area contributed by atoms with Gasteiger partial charge in [-0.05, 0) is 55.5 Å². The lowest BCUT2D eigenvalue weighted by Crippen LogP contribution is -2.12. The zero-order chi connectivity index (χ0) is 19.8. The normalized spacial score (nSPS) is 10.3. The number of carbonyl (C=O) groups is 2. The molecular weight excluding hydrogens is 370 g/mol. The molecule has 0 atom stereocenters. The topological polar surface area (TPSA) is 55.4 Å². The summed E-state index contributed by atoms with van der Waals surface area (Å²) in [5.41, 5.74) is 1.69. The lowest BCUT2D eigenvalue weighted by Gasteiger charge is -2.09. The molecule has 3 aromatic rings. The van der Waals surface area contributed by atoms with Gasteiger partial charge >= 0.3 is 0 Å². The largest absolute Gasteiger partial charge is 0.493 e. The fourth-order valence-electron chi connectivity index (χ4n) is 2.56. The summed E-state index contributed by atoms with van der Waals surface area (Å²) in [5, 5.41) is 2.81. The van der Waals surface area contributed by atoms with Crippen LogP contribution < -0.4 is 10.1 Å². The molecule has 28 heavy (non-hydrogen) atoms. The average Bonchev–Trinajstić information content (AvgIpc) is 2.72. The number of Topliss-reactive ketones (excluding diaryl/α,β-unsaturated/α-hetero) is 1. The predicted molar refractivity (Wildman–Crippen MR) is 114 cm³/mol. The molecule has 0 saturated heterocycles. The van der Waals surface area contributed by atoms with Gasteiger partial charge in [0.2, 0.25) is 0 Å². The van der Waals surface area contributed by atoms with E-state index in [0.29, 0.717) is 23.4 Å². The van der Waals surface area contributed by atoms with E-state index in [0.717, 1.165) is 11.5 Å². The average molecular weight is 391 g/mol. The minimum atomic E-state index is -0.230. The Bertz CT molecular complexity index is 940. The summed E-state index contributed by atoms with van der Waals surface area (Å²) in [6, 6.07) is 24.1. The first-order valence-electron chi connectivity index (χ1n) is 8.95. The van der Waals surface area contributed by atoms with Crippen molar-refractivity contribution < 1.29 is 14.3 Å². The number of amides is 1. The molecule has 0 unspecified atom stereocenters. The Morgan fingerprint density at radius 3 is 2.36 bits per heavy atom. The Labute approximate surface area is 168 Å². The second kappa shape index (κ2) is 9.76. The lowest BCUT2D eigenvalue weighted by molar-refractivity contribution is 0.101. The van der Waals surface area contributed by atoms with E-state index in [1.165, 1.54) is 11.8 Å². The van der Waals surface area contributed by atoms with Crippen molar-refractivity contribution in [2.75, 3.05) is 17.7 Å². The van der Waals surface area contributed by atoms with Crippen LogP contribution in [0.1, 0.15) is 27.6 Å². The summed E-state index contributed by atoms with van der Waals surface area (Å²) < 4.78 is 5.73. The zero-order valence-corrected chi connectivity index (χ0v) is 16.4. The van der Waals surface area contributed by atoms with Gasteiger partial charge in [-0.15, -0.1) is 11.8 Å². The second-order valence-electron chi connectivity index (χ2n) is 6.13. The highest BCUT2D eigenvalue weighted by atomic mass is 32.2. The number of anilines is 1. The van der Waals surface area contributed by atoms with E-state index in [1.54, 1.807) is 60.3 Å². The van der Waals surface area contributed by atoms with Gasteiger partial charge in [0.15, 0.2) is 5.78 Å². The number of nitrogens with one attached hydrogen (secondary N) is 1. The van der Waals surface area contributed by atoms with Crippen LogP contribution in [-0.2, 0) is 0 Å². The van der Waals surface area contributed by atoms with E-state index in [1.807, 2.05) is 18.2 Å². The van der Waals surface area contributed by atoms with E-state index < -0.39 is 0 Å². The number of ether oxygens (including phenoxy) is 1. The van der Waals surface area contributed by atoms with Crippen molar-refractivity contribution in [1.82, 2.24) is 0 Å². The first kappa shape index (κ1) is 19.7. The van der Waals surface area contributed by atoms with Gasteiger partial charge in [0.25, 0.3) is 5.91 Å². The van der Waals surface area contributed by atoms with Gasteiger partial charge in [-0.3, -0.25) is 9.59 Å². The zero-order valence-electron chi connectivity index (χ0n) is 15.6. The van der Waals surface area contributed by atoms with Gasteiger partial charge in [0.1, 0.15) is 5.75 Å². The molecule has 0 spiro atoms. The van der Waals surface area contributed by atoms with E-state index in [4.69, 9.17) is 4.74 Å². The molecule has 0 aliphatic rings. The van der Waals surface area contributed by atoms with Gasteiger partial charge in [0.05, 0.1) is 6.61 Å². The van der Waals surface area contributed by atoms with Crippen molar-refractivity contribution in [3.8, 4) is 5.75 Å². The highest BCUT2D eigenvalue weighted by Crippen LogP contribution is 2.18. The van der Waals surface area contributed by atoms with Crippen molar-refractivity contribution >= 4 is 29.1 Å². The van der Waals surface area contributed by atoms with E-state index in [2.05, 4.69) is 17.4 Å². The monoisotopic (exact) mass is 391 g/mol. The Balaban J connectivity index is 1.50. The highest BCUT2D eigenvalue weighted by Gasteiger charge is 2.08. The van der Waals surface area contributed by atoms with Crippen LogP contribution in [0.3, 0.4) is 0 Å². The summed E-state index contributed by atoms with van der Waals surface area (Å²) in [6.45, 7) is 2.08.